The molecule has 9 heteroatoms. The Hall–Kier alpha value is -1.64. The van der Waals surface area contributed by atoms with Gasteiger partial charge in [0.2, 0.25) is 10.0 Å². The van der Waals surface area contributed by atoms with Gasteiger partial charge in [0.1, 0.15) is 0 Å². The van der Waals surface area contributed by atoms with Crippen molar-refractivity contribution < 1.29 is 27.9 Å². The van der Waals surface area contributed by atoms with Crippen LogP contribution in [0.3, 0.4) is 0 Å². The molecule has 0 saturated carbocycles. The maximum atomic E-state index is 13.1. The van der Waals surface area contributed by atoms with Crippen molar-refractivity contribution in [2.75, 3.05) is 6.61 Å². The lowest BCUT2D eigenvalue weighted by atomic mass is 9.89. The molecule has 2 saturated heterocycles. The molecule has 2 fully saturated rings. The quantitative estimate of drug-likeness (QED) is 0.777. The maximum Gasteiger partial charge on any atom is 0.338 e. The first-order chi connectivity index (χ1) is 11.8. The van der Waals surface area contributed by atoms with Gasteiger partial charge in [0.15, 0.2) is 0 Å². The number of carbonyl (C=O) groups is 2. The highest BCUT2D eigenvalue weighted by Gasteiger charge is 2.54. The molecular formula is C16H18ClNO6S. The number of fused-ring (bicyclic) bond motifs is 2. The lowest BCUT2D eigenvalue weighted by Crippen LogP contribution is -2.37. The molecule has 2 aliphatic heterocycles. The fourth-order valence-electron chi connectivity index (χ4n) is 3.74. The van der Waals surface area contributed by atoms with Crippen molar-refractivity contribution in [3.05, 3.63) is 28.8 Å². The van der Waals surface area contributed by atoms with Gasteiger partial charge in [0, 0.05) is 17.1 Å². The molecule has 0 aromatic heterocycles. The Morgan fingerprint density at radius 1 is 1.32 bits per heavy atom. The Labute approximate surface area is 150 Å². The van der Waals surface area contributed by atoms with Gasteiger partial charge in [-0.1, -0.05) is 11.6 Å². The molecule has 136 valence electrons. The molecule has 2 aliphatic rings. The zero-order valence-electron chi connectivity index (χ0n) is 13.5. The van der Waals surface area contributed by atoms with Crippen LogP contribution < -0.4 is 0 Å². The first kappa shape index (κ1) is 18.2. The number of rotatable bonds is 5. The minimum Gasteiger partial charge on any atom is -0.481 e. The van der Waals surface area contributed by atoms with Crippen LogP contribution in [-0.2, 0) is 19.6 Å². The zero-order valence-corrected chi connectivity index (χ0v) is 15.1. The van der Waals surface area contributed by atoms with Gasteiger partial charge in [-0.25, -0.2) is 13.2 Å². The average Bonchev–Trinajstić information content (AvgIpc) is 3.13. The van der Waals surface area contributed by atoms with E-state index in [9.17, 15) is 23.1 Å². The third kappa shape index (κ3) is 3.14. The van der Waals surface area contributed by atoms with E-state index >= 15 is 0 Å². The monoisotopic (exact) mass is 387 g/mol. The van der Waals surface area contributed by atoms with Crippen molar-refractivity contribution in [3.8, 4) is 0 Å². The number of ether oxygens (including phenoxy) is 1. The summed E-state index contributed by atoms with van der Waals surface area (Å²) in [4.78, 5) is 23.2. The number of esters is 1. The second-order valence-corrected chi connectivity index (χ2v) is 8.49. The summed E-state index contributed by atoms with van der Waals surface area (Å²) < 4.78 is 32.3. The number of carboxylic acids is 1. The van der Waals surface area contributed by atoms with E-state index in [2.05, 4.69) is 0 Å². The van der Waals surface area contributed by atoms with Gasteiger partial charge in [-0.15, -0.1) is 0 Å². The van der Waals surface area contributed by atoms with Gasteiger partial charge >= 0.3 is 11.9 Å². The predicted molar refractivity (Wildman–Crippen MR) is 89.0 cm³/mol. The molecule has 2 bridgehead atoms. The largest absolute Gasteiger partial charge is 0.481 e. The number of nitrogens with zero attached hydrogens (tertiary/aromatic N) is 1. The van der Waals surface area contributed by atoms with Crippen molar-refractivity contribution in [2.45, 2.75) is 43.2 Å². The Balaban J connectivity index is 1.99. The Morgan fingerprint density at radius 2 is 2.04 bits per heavy atom. The molecule has 1 aromatic carbocycles. The SMILES string of the molecule is CCOC(=O)c1cc(Cl)cc(S(=O)(=O)N2C3CCC2C(C(=O)O)C3)c1. The fourth-order valence-corrected chi connectivity index (χ4v) is 6.03. The number of carbonyl (C=O) groups excluding carboxylic acids is 1. The summed E-state index contributed by atoms with van der Waals surface area (Å²) in [6.07, 6.45) is 1.47. The third-order valence-corrected chi connectivity index (χ3v) is 6.92. The van der Waals surface area contributed by atoms with E-state index in [-0.39, 0.29) is 28.1 Å². The number of aliphatic carboxylic acids is 1. The van der Waals surface area contributed by atoms with Gasteiger partial charge in [-0.2, -0.15) is 4.31 Å². The van der Waals surface area contributed by atoms with Crippen LogP contribution in [0, 0.1) is 5.92 Å². The van der Waals surface area contributed by atoms with Crippen molar-refractivity contribution in [2.24, 2.45) is 5.92 Å². The van der Waals surface area contributed by atoms with E-state index in [1.54, 1.807) is 6.92 Å². The summed E-state index contributed by atoms with van der Waals surface area (Å²) in [5, 5.41) is 9.41. The van der Waals surface area contributed by atoms with Crippen molar-refractivity contribution in [1.29, 1.82) is 0 Å². The first-order valence-corrected chi connectivity index (χ1v) is 9.81. The van der Waals surface area contributed by atoms with Crippen molar-refractivity contribution in [1.82, 2.24) is 4.31 Å². The third-order valence-electron chi connectivity index (χ3n) is 4.75. The molecule has 25 heavy (non-hydrogen) atoms. The summed E-state index contributed by atoms with van der Waals surface area (Å²) in [6, 6.07) is 2.95. The second-order valence-electron chi connectivity index (χ2n) is 6.21. The maximum absolute atomic E-state index is 13.1. The molecule has 7 nitrogen and oxygen atoms in total. The number of benzene rings is 1. The molecule has 3 atom stereocenters. The van der Waals surface area contributed by atoms with Gasteiger partial charge in [-0.3, -0.25) is 4.79 Å². The van der Waals surface area contributed by atoms with Crippen LogP contribution in [0.25, 0.3) is 0 Å². The number of hydrogen-bond acceptors (Lipinski definition) is 5. The van der Waals surface area contributed by atoms with E-state index in [0.29, 0.717) is 19.3 Å². The van der Waals surface area contributed by atoms with Gasteiger partial charge < -0.3 is 9.84 Å². The highest BCUT2D eigenvalue weighted by Crippen LogP contribution is 2.45. The lowest BCUT2D eigenvalue weighted by molar-refractivity contribution is -0.142. The molecular weight excluding hydrogens is 370 g/mol. The van der Waals surface area contributed by atoms with Gasteiger partial charge in [0.05, 0.1) is 23.0 Å². The molecule has 3 rings (SSSR count). The van der Waals surface area contributed by atoms with E-state index in [4.69, 9.17) is 16.3 Å². The van der Waals surface area contributed by atoms with Crippen LogP contribution in [-0.4, -0.2) is 48.5 Å². The van der Waals surface area contributed by atoms with E-state index in [0.717, 1.165) is 0 Å². The molecule has 0 spiro atoms. The number of halogens is 1. The summed E-state index contributed by atoms with van der Waals surface area (Å²) in [5.74, 6) is -2.34. The lowest BCUT2D eigenvalue weighted by Gasteiger charge is -2.23. The summed E-state index contributed by atoms with van der Waals surface area (Å²) >= 11 is 5.99. The van der Waals surface area contributed by atoms with Crippen molar-refractivity contribution in [3.63, 3.8) is 0 Å². The fraction of sp³-hybridized carbons (Fsp3) is 0.500. The Kier molecular flexibility index (Phi) is 4.78. The normalized spacial score (nSPS) is 25.9. The van der Waals surface area contributed by atoms with Crippen LogP contribution in [0.5, 0.6) is 0 Å². The summed E-state index contributed by atoms with van der Waals surface area (Å²) in [5.41, 5.74) is 0.0502. The molecule has 0 amide bonds. The van der Waals surface area contributed by atoms with E-state index < -0.39 is 33.9 Å². The van der Waals surface area contributed by atoms with Gasteiger partial charge in [-0.05, 0) is 44.4 Å². The molecule has 0 aliphatic carbocycles. The minimum absolute atomic E-state index is 0.0502. The van der Waals surface area contributed by atoms with Crippen LogP contribution in [0.1, 0.15) is 36.5 Å². The highest BCUT2D eigenvalue weighted by molar-refractivity contribution is 7.89. The molecule has 0 radical (unpaired) electrons. The minimum atomic E-state index is -3.96. The van der Waals surface area contributed by atoms with Gasteiger partial charge in [0.25, 0.3) is 0 Å². The average molecular weight is 388 g/mol. The molecule has 1 N–H and O–H groups in total. The molecule has 3 unspecified atom stereocenters. The zero-order chi connectivity index (χ0) is 18.4. The smallest absolute Gasteiger partial charge is 0.338 e. The predicted octanol–water partition coefficient (Wildman–Crippen LogP) is 2.14. The molecule has 1 aromatic rings. The number of sulfonamides is 1. The van der Waals surface area contributed by atoms with Crippen LogP contribution in [0.4, 0.5) is 0 Å². The van der Waals surface area contributed by atoms with Crippen LogP contribution in [0.15, 0.2) is 23.1 Å². The number of carboxylic acid groups (broad SMARTS) is 1. The van der Waals surface area contributed by atoms with Crippen LogP contribution >= 0.6 is 11.6 Å². The highest BCUT2D eigenvalue weighted by atomic mass is 35.5. The topological polar surface area (TPSA) is 101 Å². The Morgan fingerprint density at radius 3 is 2.64 bits per heavy atom. The summed E-state index contributed by atoms with van der Waals surface area (Å²) in [7, 11) is -3.96. The first-order valence-electron chi connectivity index (χ1n) is 7.99. The second kappa shape index (κ2) is 6.59. The number of hydrogen-bond donors (Lipinski definition) is 1. The molecule has 2 heterocycles. The Bertz CT molecular complexity index is 824. The van der Waals surface area contributed by atoms with Crippen LogP contribution in [0.2, 0.25) is 5.02 Å². The van der Waals surface area contributed by atoms with E-state index in [1.165, 1.54) is 22.5 Å². The standard InChI is InChI=1S/C16H18ClNO6S/c1-2-24-16(21)9-5-10(17)7-12(6-9)25(22,23)18-11-3-4-14(18)13(8-11)15(19)20/h5-7,11,13-14H,2-4,8H2,1H3,(H,19,20). The van der Waals surface area contributed by atoms with Crippen molar-refractivity contribution >= 4 is 33.6 Å². The van der Waals surface area contributed by atoms with E-state index in [1.807, 2.05) is 0 Å². The summed E-state index contributed by atoms with van der Waals surface area (Å²) in [6.45, 7) is 1.80.